The Morgan fingerprint density at radius 2 is 2.19 bits per heavy atom. The Bertz CT molecular complexity index is 981. The van der Waals surface area contributed by atoms with E-state index in [0.717, 1.165) is 23.1 Å². The summed E-state index contributed by atoms with van der Waals surface area (Å²) in [6, 6.07) is 1.67. The van der Waals surface area contributed by atoms with E-state index in [4.69, 9.17) is 10.3 Å². The van der Waals surface area contributed by atoms with Gasteiger partial charge in [-0.05, 0) is 45.1 Å². The summed E-state index contributed by atoms with van der Waals surface area (Å²) in [5, 5.41) is 7.58. The first-order chi connectivity index (χ1) is 12.5. The first-order valence-corrected chi connectivity index (χ1v) is 10.2. The third kappa shape index (κ3) is 3.28. The fraction of sp³-hybridized carbons (Fsp3) is 0.412. The standard InChI is InChI=1S/C17H19N5O2S2/c1-8-7-12(24-22-8)19-15(23)9(2)25-17-20-14(18)13-10-5-3-4-6-11(10)26-16(13)21-17/h7,9H,3-6H2,1-2H3,(H,19,23)(H2,18,20,21). The van der Waals surface area contributed by atoms with Crippen molar-refractivity contribution < 1.29 is 9.32 Å². The number of nitrogens with zero attached hydrogens (tertiary/aromatic N) is 3. The Hall–Kier alpha value is -2.13. The van der Waals surface area contributed by atoms with Gasteiger partial charge in [0.05, 0.1) is 16.3 Å². The molecule has 3 N–H and O–H groups in total. The number of hydrogen-bond donors (Lipinski definition) is 2. The van der Waals surface area contributed by atoms with Crippen molar-refractivity contribution in [3.8, 4) is 0 Å². The molecule has 1 atom stereocenters. The molecule has 0 saturated carbocycles. The predicted octanol–water partition coefficient (Wildman–Crippen LogP) is 3.57. The SMILES string of the molecule is Cc1cc(NC(=O)C(C)Sc2nc(N)c3c4c(sc3n2)CCCC4)on1. The molecule has 0 radical (unpaired) electrons. The van der Waals surface area contributed by atoms with Gasteiger partial charge in [0.1, 0.15) is 10.6 Å². The van der Waals surface area contributed by atoms with Crippen molar-refractivity contribution in [3.63, 3.8) is 0 Å². The van der Waals surface area contributed by atoms with E-state index in [1.807, 2.05) is 0 Å². The highest BCUT2D eigenvalue weighted by atomic mass is 32.2. The minimum Gasteiger partial charge on any atom is -0.383 e. The first kappa shape index (κ1) is 17.3. The van der Waals surface area contributed by atoms with Crippen LogP contribution >= 0.6 is 23.1 Å². The molecule has 136 valence electrons. The molecule has 3 aromatic heterocycles. The average molecular weight is 390 g/mol. The van der Waals surface area contributed by atoms with Gasteiger partial charge in [0.2, 0.25) is 11.8 Å². The normalized spacial score (nSPS) is 15.0. The zero-order valence-electron chi connectivity index (χ0n) is 14.5. The van der Waals surface area contributed by atoms with Gasteiger partial charge in [0.25, 0.3) is 0 Å². The topological polar surface area (TPSA) is 107 Å². The van der Waals surface area contributed by atoms with Crippen LogP contribution in [0.15, 0.2) is 15.7 Å². The molecule has 4 rings (SSSR count). The van der Waals surface area contributed by atoms with Gasteiger partial charge in [-0.15, -0.1) is 11.3 Å². The number of thioether (sulfide) groups is 1. The van der Waals surface area contributed by atoms with Gasteiger partial charge in [-0.3, -0.25) is 10.1 Å². The molecule has 1 aliphatic rings. The van der Waals surface area contributed by atoms with Gasteiger partial charge in [-0.2, -0.15) is 0 Å². The maximum Gasteiger partial charge on any atom is 0.240 e. The molecule has 1 amide bonds. The second kappa shape index (κ2) is 6.88. The Morgan fingerprint density at radius 3 is 2.96 bits per heavy atom. The molecular formula is C17H19N5O2S2. The van der Waals surface area contributed by atoms with Gasteiger partial charge in [-0.1, -0.05) is 16.9 Å². The van der Waals surface area contributed by atoms with E-state index in [0.29, 0.717) is 22.6 Å². The van der Waals surface area contributed by atoms with Crippen molar-refractivity contribution in [1.29, 1.82) is 0 Å². The summed E-state index contributed by atoms with van der Waals surface area (Å²) < 4.78 is 5.02. The number of nitrogens with two attached hydrogens (primary N) is 1. The van der Waals surface area contributed by atoms with E-state index in [1.165, 1.54) is 35.0 Å². The second-order valence-corrected chi connectivity index (χ2v) is 8.76. The van der Waals surface area contributed by atoms with E-state index >= 15 is 0 Å². The number of rotatable bonds is 4. The molecule has 0 aromatic carbocycles. The third-order valence-electron chi connectivity index (χ3n) is 4.35. The van der Waals surface area contributed by atoms with Crippen molar-refractivity contribution in [2.75, 3.05) is 11.1 Å². The predicted molar refractivity (Wildman–Crippen MR) is 104 cm³/mol. The van der Waals surface area contributed by atoms with E-state index in [9.17, 15) is 4.79 Å². The number of anilines is 2. The summed E-state index contributed by atoms with van der Waals surface area (Å²) in [6.07, 6.45) is 4.54. The molecule has 3 heterocycles. The van der Waals surface area contributed by atoms with Gasteiger partial charge in [0.15, 0.2) is 5.16 Å². The number of hydrogen-bond acceptors (Lipinski definition) is 8. The number of carbonyl (C=O) groups is 1. The quantitative estimate of drug-likeness (QED) is 0.519. The summed E-state index contributed by atoms with van der Waals surface area (Å²) in [7, 11) is 0. The molecule has 0 aliphatic heterocycles. The smallest absolute Gasteiger partial charge is 0.240 e. The molecule has 0 saturated heterocycles. The van der Waals surface area contributed by atoms with Gasteiger partial charge in [0, 0.05) is 10.9 Å². The van der Waals surface area contributed by atoms with Crippen molar-refractivity contribution in [2.24, 2.45) is 0 Å². The summed E-state index contributed by atoms with van der Waals surface area (Å²) >= 11 is 2.98. The lowest BCUT2D eigenvalue weighted by Crippen LogP contribution is -2.22. The fourth-order valence-electron chi connectivity index (χ4n) is 3.08. The lowest BCUT2D eigenvalue weighted by atomic mass is 9.97. The second-order valence-electron chi connectivity index (χ2n) is 6.36. The number of fused-ring (bicyclic) bond motifs is 3. The molecule has 1 unspecified atom stereocenters. The van der Waals surface area contributed by atoms with Crippen molar-refractivity contribution in [3.05, 3.63) is 22.2 Å². The summed E-state index contributed by atoms with van der Waals surface area (Å²) in [6.45, 7) is 3.59. The van der Waals surface area contributed by atoms with Gasteiger partial charge in [-0.25, -0.2) is 9.97 Å². The molecule has 0 spiro atoms. The molecule has 9 heteroatoms. The van der Waals surface area contributed by atoms with Crippen molar-refractivity contribution in [1.82, 2.24) is 15.1 Å². The van der Waals surface area contributed by atoms with Crippen LogP contribution in [-0.2, 0) is 17.6 Å². The molecule has 26 heavy (non-hydrogen) atoms. The molecule has 0 bridgehead atoms. The van der Waals surface area contributed by atoms with Crippen LogP contribution in [-0.4, -0.2) is 26.3 Å². The molecular weight excluding hydrogens is 370 g/mol. The minimum absolute atomic E-state index is 0.195. The summed E-state index contributed by atoms with van der Waals surface area (Å²) in [5.74, 6) is 0.649. The summed E-state index contributed by atoms with van der Waals surface area (Å²) in [5.41, 5.74) is 8.25. The Balaban J connectivity index is 1.54. The minimum atomic E-state index is -0.396. The van der Waals surface area contributed by atoms with Crippen LogP contribution in [0.1, 0.15) is 35.9 Å². The molecule has 7 nitrogen and oxygen atoms in total. The first-order valence-electron chi connectivity index (χ1n) is 8.50. The molecule has 0 fully saturated rings. The molecule has 1 aliphatic carbocycles. The lowest BCUT2D eigenvalue weighted by Gasteiger charge is -2.11. The fourth-order valence-corrected chi connectivity index (χ4v) is 5.18. The number of aryl methyl sites for hydroxylation is 3. The van der Waals surface area contributed by atoms with Crippen LogP contribution in [0.4, 0.5) is 11.7 Å². The van der Waals surface area contributed by atoms with Gasteiger partial charge >= 0.3 is 0 Å². The van der Waals surface area contributed by atoms with Crippen LogP contribution in [0.3, 0.4) is 0 Å². The highest BCUT2D eigenvalue weighted by Gasteiger charge is 2.22. The molecule has 3 aromatic rings. The number of amides is 1. The lowest BCUT2D eigenvalue weighted by molar-refractivity contribution is -0.115. The number of carbonyl (C=O) groups excluding carboxylic acids is 1. The van der Waals surface area contributed by atoms with Gasteiger partial charge < -0.3 is 10.3 Å². The number of nitrogens with one attached hydrogen (secondary N) is 1. The van der Waals surface area contributed by atoms with E-state index < -0.39 is 5.25 Å². The third-order valence-corrected chi connectivity index (χ3v) is 6.49. The largest absolute Gasteiger partial charge is 0.383 e. The Morgan fingerprint density at radius 1 is 1.38 bits per heavy atom. The van der Waals surface area contributed by atoms with Crippen LogP contribution in [0.2, 0.25) is 0 Å². The Labute approximate surface area is 158 Å². The Kier molecular flexibility index (Phi) is 4.58. The van der Waals surface area contributed by atoms with E-state index in [1.54, 1.807) is 31.3 Å². The van der Waals surface area contributed by atoms with Crippen molar-refractivity contribution >= 4 is 50.9 Å². The number of aromatic nitrogens is 3. The summed E-state index contributed by atoms with van der Waals surface area (Å²) in [4.78, 5) is 23.7. The highest BCUT2D eigenvalue weighted by Crippen LogP contribution is 2.38. The highest BCUT2D eigenvalue weighted by molar-refractivity contribution is 8.00. The van der Waals surface area contributed by atoms with E-state index in [-0.39, 0.29) is 5.91 Å². The van der Waals surface area contributed by atoms with Crippen LogP contribution in [0.5, 0.6) is 0 Å². The van der Waals surface area contributed by atoms with Crippen LogP contribution < -0.4 is 11.1 Å². The van der Waals surface area contributed by atoms with E-state index in [2.05, 4.69) is 20.4 Å². The maximum absolute atomic E-state index is 12.3. The van der Waals surface area contributed by atoms with Crippen molar-refractivity contribution in [2.45, 2.75) is 49.9 Å². The maximum atomic E-state index is 12.3. The zero-order chi connectivity index (χ0) is 18.3. The average Bonchev–Trinajstić information content (AvgIpc) is 3.17. The van der Waals surface area contributed by atoms with Crippen LogP contribution in [0, 0.1) is 6.92 Å². The van der Waals surface area contributed by atoms with Crippen LogP contribution in [0.25, 0.3) is 10.2 Å². The zero-order valence-corrected chi connectivity index (χ0v) is 16.2. The number of nitrogen functional groups attached to an aromatic ring is 1. The number of thiophene rings is 1. The monoisotopic (exact) mass is 389 g/mol.